The predicted octanol–water partition coefficient (Wildman–Crippen LogP) is 4.54. The number of nitrogens with zero attached hydrogens (tertiary/aromatic N) is 2. The van der Waals surface area contributed by atoms with Crippen molar-refractivity contribution in [3.8, 4) is 5.75 Å². The van der Waals surface area contributed by atoms with Crippen molar-refractivity contribution in [3.63, 3.8) is 0 Å². The van der Waals surface area contributed by atoms with Crippen LogP contribution in [0, 0.1) is 5.92 Å². The van der Waals surface area contributed by atoms with Gasteiger partial charge in [0.25, 0.3) is 10.0 Å². The molecule has 3 rings (SSSR count). The number of sulfonamides is 1. The molecule has 0 saturated carbocycles. The molecule has 0 radical (unpaired) electrons. The van der Waals surface area contributed by atoms with Crippen LogP contribution in [0.1, 0.15) is 59.4 Å². The number of hydrogen-bond donors (Lipinski definition) is 2. The number of aromatic nitrogens is 1. The topological polar surface area (TPSA) is 124 Å². The van der Waals surface area contributed by atoms with E-state index < -0.39 is 15.6 Å². The molecule has 3 N–H and O–H groups in total. The Morgan fingerprint density at radius 2 is 1.89 bits per heavy atom. The van der Waals surface area contributed by atoms with Crippen LogP contribution in [-0.4, -0.2) is 48.6 Å². The molecule has 0 aliphatic carbocycles. The molecule has 2 heterocycles. The number of nitrogens with two attached hydrogens (primary N) is 1. The number of pyridine rings is 1. The fourth-order valence-electron chi connectivity index (χ4n) is 4.40. The molecule has 9 nitrogen and oxygen atoms in total. The lowest BCUT2D eigenvalue weighted by atomic mass is 9.93. The summed E-state index contributed by atoms with van der Waals surface area (Å²) in [6.07, 6.45) is 2.37. The molecule has 1 saturated heterocycles. The van der Waals surface area contributed by atoms with E-state index >= 15 is 0 Å². The highest BCUT2D eigenvalue weighted by molar-refractivity contribution is 7.89. The molecule has 1 amide bonds. The lowest BCUT2D eigenvalue weighted by Crippen LogP contribution is -2.45. The normalized spacial score (nSPS) is 17.6. The lowest BCUT2D eigenvalue weighted by Gasteiger charge is -2.33. The van der Waals surface area contributed by atoms with Gasteiger partial charge in [-0.05, 0) is 77.5 Å². The fourth-order valence-corrected chi connectivity index (χ4v) is 5.03. The smallest absolute Gasteiger partial charge is 0.410 e. The minimum Gasteiger partial charge on any atom is -0.486 e. The van der Waals surface area contributed by atoms with E-state index in [2.05, 4.69) is 24.1 Å². The summed E-state index contributed by atoms with van der Waals surface area (Å²) >= 11 is 0. The van der Waals surface area contributed by atoms with Gasteiger partial charge >= 0.3 is 6.09 Å². The number of carbonyl (C=O) groups excluding carboxylic acids is 1. The number of rotatable bonds is 9. The van der Waals surface area contributed by atoms with Crippen molar-refractivity contribution in [2.24, 2.45) is 11.1 Å². The molecular formula is C26H38N4O5S. The minimum atomic E-state index is -4.07. The number of primary sulfonamides is 1. The minimum absolute atomic E-state index is 0.113. The Bertz CT molecular complexity index is 1150. The lowest BCUT2D eigenvalue weighted by molar-refractivity contribution is 0.0131. The third-order valence-electron chi connectivity index (χ3n) is 6.00. The Morgan fingerprint density at radius 3 is 2.53 bits per heavy atom. The van der Waals surface area contributed by atoms with E-state index in [1.165, 1.54) is 0 Å². The highest BCUT2D eigenvalue weighted by Crippen LogP contribution is 2.36. The van der Waals surface area contributed by atoms with Crippen molar-refractivity contribution in [2.75, 3.05) is 18.4 Å². The first-order chi connectivity index (χ1) is 16.7. The van der Waals surface area contributed by atoms with E-state index in [4.69, 9.17) is 14.6 Å². The highest BCUT2D eigenvalue weighted by Gasteiger charge is 2.42. The third-order valence-corrected chi connectivity index (χ3v) is 6.83. The van der Waals surface area contributed by atoms with Gasteiger partial charge in [0.2, 0.25) is 5.03 Å². The van der Waals surface area contributed by atoms with E-state index in [0.717, 1.165) is 24.8 Å². The van der Waals surface area contributed by atoms with Crippen LogP contribution >= 0.6 is 0 Å². The van der Waals surface area contributed by atoms with Gasteiger partial charge in [0.05, 0.1) is 0 Å². The number of anilines is 1. The van der Waals surface area contributed by atoms with Gasteiger partial charge in [-0.1, -0.05) is 30.3 Å². The van der Waals surface area contributed by atoms with Gasteiger partial charge < -0.3 is 19.7 Å². The molecule has 1 atom stereocenters. The van der Waals surface area contributed by atoms with Gasteiger partial charge in [0, 0.05) is 18.6 Å². The quantitative estimate of drug-likeness (QED) is 0.467. The average Bonchev–Trinajstić information content (AvgIpc) is 3.09. The number of hydrogen-bond acceptors (Lipinski definition) is 7. The SMILES string of the molecule is CC(C)(C)OC(=O)N1C[C@@H](CCCNc2ccc(OCc3ccccc3)c(S(N)(=O)=O)n2)CC1(C)C. The van der Waals surface area contributed by atoms with Crippen LogP contribution in [0.5, 0.6) is 5.75 Å². The predicted molar refractivity (Wildman–Crippen MR) is 139 cm³/mol. The maximum absolute atomic E-state index is 12.6. The Hall–Kier alpha value is -2.85. The van der Waals surface area contributed by atoms with Crippen molar-refractivity contribution >= 4 is 21.9 Å². The average molecular weight is 519 g/mol. The van der Waals surface area contributed by atoms with Gasteiger partial charge in [-0.15, -0.1) is 0 Å². The highest BCUT2D eigenvalue weighted by atomic mass is 32.2. The zero-order valence-corrected chi connectivity index (χ0v) is 22.6. The first-order valence-electron chi connectivity index (χ1n) is 12.2. The molecule has 0 bridgehead atoms. The molecule has 0 spiro atoms. The van der Waals surface area contributed by atoms with Gasteiger partial charge in [-0.25, -0.2) is 23.3 Å². The maximum Gasteiger partial charge on any atom is 0.410 e. The van der Waals surface area contributed by atoms with Crippen molar-refractivity contribution in [1.29, 1.82) is 0 Å². The fraction of sp³-hybridized carbons (Fsp3) is 0.538. The van der Waals surface area contributed by atoms with Gasteiger partial charge in [0.15, 0.2) is 5.75 Å². The molecule has 1 aliphatic heterocycles. The number of likely N-dealkylation sites (tertiary alicyclic amines) is 1. The zero-order valence-electron chi connectivity index (χ0n) is 21.8. The van der Waals surface area contributed by atoms with E-state index in [1.807, 2.05) is 56.0 Å². The van der Waals surface area contributed by atoms with Crippen molar-refractivity contribution in [3.05, 3.63) is 48.0 Å². The first-order valence-corrected chi connectivity index (χ1v) is 13.7. The molecule has 10 heteroatoms. The van der Waals surface area contributed by atoms with Gasteiger partial charge in [-0.3, -0.25) is 0 Å². The maximum atomic E-state index is 12.6. The summed E-state index contributed by atoms with van der Waals surface area (Å²) in [5.74, 6) is 0.881. The molecule has 0 unspecified atom stereocenters. The summed E-state index contributed by atoms with van der Waals surface area (Å²) in [6, 6.07) is 12.7. The monoisotopic (exact) mass is 518 g/mol. The Balaban J connectivity index is 1.54. The van der Waals surface area contributed by atoms with Crippen LogP contribution in [-0.2, 0) is 21.4 Å². The van der Waals surface area contributed by atoms with Crippen LogP contribution in [0.15, 0.2) is 47.5 Å². The number of ether oxygens (including phenoxy) is 2. The van der Waals surface area contributed by atoms with Crippen molar-refractivity contribution in [1.82, 2.24) is 9.88 Å². The van der Waals surface area contributed by atoms with Crippen LogP contribution in [0.25, 0.3) is 0 Å². The molecule has 1 aliphatic rings. The third kappa shape index (κ3) is 7.83. The molecule has 36 heavy (non-hydrogen) atoms. The summed E-state index contributed by atoms with van der Waals surface area (Å²) in [5, 5.41) is 8.27. The summed E-state index contributed by atoms with van der Waals surface area (Å²) in [6.45, 7) is 11.2. The Kier molecular flexibility index (Phi) is 8.51. The second-order valence-electron chi connectivity index (χ2n) is 10.9. The summed E-state index contributed by atoms with van der Waals surface area (Å²) < 4.78 is 35.5. The number of amides is 1. The summed E-state index contributed by atoms with van der Waals surface area (Å²) in [4.78, 5) is 18.6. The van der Waals surface area contributed by atoms with E-state index in [9.17, 15) is 13.2 Å². The van der Waals surface area contributed by atoms with Gasteiger partial charge in [-0.2, -0.15) is 0 Å². The standard InChI is InChI=1S/C26H38N4O5S/c1-25(2,3)35-24(31)30-17-20(16-26(30,4)5)12-9-15-28-22-14-13-21(23(29-22)36(27,32)33)34-18-19-10-7-6-8-11-19/h6-8,10-11,13-14,20H,9,12,15-18H2,1-5H3,(H,28,29)(H2,27,32,33)/t20-/m0/s1. The number of benzene rings is 1. The molecule has 1 aromatic carbocycles. The van der Waals surface area contributed by atoms with E-state index in [-0.39, 0.29) is 29.0 Å². The summed E-state index contributed by atoms with van der Waals surface area (Å²) in [5.41, 5.74) is 0.114. The van der Waals surface area contributed by atoms with Crippen LogP contribution in [0.3, 0.4) is 0 Å². The summed E-state index contributed by atoms with van der Waals surface area (Å²) in [7, 11) is -4.07. The largest absolute Gasteiger partial charge is 0.486 e. The van der Waals surface area contributed by atoms with Crippen LogP contribution in [0.2, 0.25) is 0 Å². The van der Waals surface area contributed by atoms with Crippen molar-refractivity contribution < 1.29 is 22.7 Å². The number of carbonyl (C=O) groups is 1. The van der Waals surface area contributed by atoms with E-state index in [1.54, 1.807) is 12.1 Å². The molecule has 1 aromatic heterocycles. The number of nitrogens with one attached hydrogen (secondary N) is 1. The zero-order chi connectivity index (χ0) is 26.6. The Labute approximate surface area is 214 Å². The van der Waals surface area contributed by atoms with Gasteiger partial charge in [0.1, 0.15) is 18.0 Å². The second kappa shape index (κ2) is 11.0. The molecule has 1 fully saturated rings. The van der Waals surface area contributed by atoms with E-state index in [0.29, 0.717) is 24.8 Å². The Morgan fingerprint density at radius 1 is 1.19 bits per heavy atom. The molecular weight excluding hydrogens is 480 g/mol. The van der Waals surface area contributed by atoms with Crippen molar-refractivity contribution in [2.45, 2.75) is 76.7 Å². The first kappa shape index (κ1) is 27.7. The second-order valence-corrected chi connectivity index (χ2v) is 12.3. The molecule has 2 aromatic rings. The molecule has 198 valence electrons. The van der Waals surface area contributed by atoms with Crippen LogP contribution in [0.4, 0.5) is 10.6 Å². The van der Waals surface area contributed by atoms with Crippen LogP contribution < -0.4 is 15.2 Å².